The fourth-order valence-electron chi connectivity index (χ4n) is 2.78. The molecule has 0 atom stereocenters. The van der Waals surface area contributed by atoms with Gasteiger partial charge in [0.25, 0.3) is 0 Å². The Morgan fingerprint density at radius 3 is 2.84 bits per heavy atom. The topological polar surface area (TPSA) is 66.6 Å². The number of carbonyl (C=O) groups is 1. The van der Waals surface area contributed by atoms with Crippen LogP contribution in [0.5, 0.6) is 0 Å². The molecule has 1 fully saturated rings. The highest BCUT2D eigenvalue weighted by Crippen LogP contribution is 2.23. The summed E-state index contributed by atoms with van der Waals surface area (Å²) in [5.74, 6) is -0.287. The van der Waals surface area contributed by atoms with Crippen molar-refractivity contribution in [3.63, 3.8) is 0 Å². The summed E-state index contributed by atoms with van der Waals surface area (Å²) in [5, 5.41) is 12.6. The third-order valence-corrected chi connectivity index (χ3v) is 3.74. The van der Waals surface area contributed by atoms with Crippen LogP contribution in [0, 0.1) is 6.92 Å². The van der Waals surface area contributed by atoms with E-state index in [1.54, 1.807) is 0 Å². The smallest absolute Gasteiger partial charge is 0.356 e. The summed E-state index contributed by atoms with van der Waals surface area (Å²) in [6.45, 7) is 1.82. The highest BCUT2D eigenvalue weighted by molar-refractivity contribution is 5.93. The summed E-state index contributed by atoms with van der Waals surface area (Å²) >= 11 is 0. The Bertz CT molecular complexity index is 627. The van der Waals surface area contributed by atoms with Crippen LogP contribution >= 0.6 is 0 Å². The van der Waals surface area contributed by atoms with Crippen molar-refractivity contribution in [1.29, 1.82) is 0 Å². The number of nitrogens with one attached hydrogen (secondary N) is 1. The maximum Gasteiger partial charge on any atom is 0.356 e. The summed E-state index contributed by atoms with van der Waals surface area (Å²) < 4.78 is 1.83. The molecule has 2 aromatic rings. The fourth-order valence-corrected chi connectivity index (χ4v) is 2.78. The molecule has 2 heterocycles. The van der Waals surface area contributed by atoms with Gasteiger partial charge in [0.15, 0.2) is 5.69 Å². The molecule has 0 aromatic carbocycles. The number of rotatable bonds is 3. The first-order valence-electron chi connectivity index (χ1n) is 6.63. The van der Waals surface area contributed by atoms with Gasteiger partial charge in [0, 0.05) is 12.2 Å². The molecule has 5 heteroatoms. The molecule has 19 heavy (non-hydrogen) atoms. The van der Waals surface area contributed by atoms with Crippen LogP contribution in [-0.2, 0) is 0 Å². The number of aromatic carboxylic acids is 1. The number of nitrogens with zero attached hydrogens (tertiary/aromatic N) is 2. The van der Waals surface area contributed by atoms with Gasteiger partial charge in [0.1, 0.15) is 5.82 Å². The van der Waals surface area contributed by atoms with E-state index in [2.05, 4.69) is 10.3 Å². The van der Waals surface area contributed by atoms with Gasteiger partial charge in [-0.15, -0.1) is 0 Å². The molecule has 100 valence electrons. The van der Waals surface area contributed by atoms with Crippen LogP contribution in [0.25, 0.3) is 5.52 Å². The van der Waals surface area contributed by atoms with Gasteiger partial charge in [0.2, 0.25) is 0 Å². The van der Waals surface area contributed by atoms with Gasteiger partial charge in [-0.3, -0.25) is 0 Å². The monoisotopic (exact) mass is 259 g/mol. The summed E-state index contributed by atoms with van der Waals surface area (Å²) in [5.41, 5.74) is 1.78. The summed E-state index contributed by atoms with van der Waals surface area (Å²) in [6.07, 6.45) is 6.92. The Labute approximate surface area is 111 Å². The molecule has 2 aromatic heterocycles. The number of aryl methyl sites for hydroxylation is 1. The van der Waals surface area contributed by atoms with Crippen molar-refractivity contribution in [3.05, 3.63) is 29.8 Å². The highest BCUT2D eigenvalue weighted by Gasteiger charge is 2.17. The maximum atomic E-state index is 11.1. The Hall–Kier alpha value is -2.04. The number of carboxylic acids is 1. The molecule has 1 aliphatic carbocycles. The second kappa shape index (κ2) is 4.57. The van der Waals surface area contributed by atoms with Crippen molar-refractivity contribution in [2.45, 2.75) is 38.6 Å². The lowest BCUT2D eigenvalue weighted by Gasteiger charge is -2.13. The van der Waals surface area contributed by atoms with E-state index in [9.17, 15) is 4.79 Å². The molecule has 3 rings (SSSR count). The van der Waals surface area contributed by atoms with Gasteiger partial charge >= 0.3 is 5.97 Å². The number of fused-ring (bicyclic) bond motifs is 1. The minimum atomic E-state index is -0.984. The van der Waals surface area contributed by atoms with Crippen LogP contribution in [0.4, 0.5) is 5.69 Å². The molecule has 1 aliphatic rings. The lowest BCUT2D eigenvalue weighted by atomic mass is 10.2. The minimum Gasteiger partial charge on any atom is -0.476 e. The largest absolute Gasteiger partial charge is 0.476 e. The molecular formula is C14H17N3O2. The molecule has 0 aliphatic heterocycles. The van der Waals surface area contributed by atoms with Gasteiger partial charge < -0.3 is 14.8 Å². The fraction of sp³-hybridized carbons (Fsp3) is 0.429. The lowest BCUT2D eigenvalue weighted by molar-refractivity contribution is 0.0693. The van der Waals surface area contributed by atoms with Gasteiger partial charge in [-0.05, 0) is 31.9 Å². The Morgan fingerprint density at radius 2 is 2.16 bits per heavy atom. The van der Waals surface area contributed by atoms with E-state index in [-0.39, 0.29) is 5.69 Å². The Kier molecular flexibility index (Phi) is 2.89. The van der Waals surface area contributed by atoms with E-state index in [1.165, 1.54) is 25.7 Å². The third kappa shape index (κ3) is 2.16. The van der Waals surface area contributed by atoms with Crippen LogP contribution in [0.2, 0.25) is 0 Å². The first-order valence-corrected chi connectivity index (χ1v) is 6.63. The average Bonchev–Trinajstić information content (AvgIpc) is 2.98. The first kappa shape index (κ1) is 12.0. The Morgan fingerprint density at radius 1 is 1.42 bits per heavy atom. The van der Waals surface area contributed by atoms with Crippen LogP contribution < -0.4 is 5.32 Å². The van der Waals surface area contributed by atoms with E-state index < -0.39 is 5.97 Å². The van der Waals surface area contributed by atoms with E-state index >= 15 is 0 Å². The number of carboxylic acid groups (broad SMARTS) is 1. The second-order valence-electron chi connectivity index (χ2n) is 5.11. The number of imidazole rings is 1. The standard InChI is InChI=1S/C14H17N3O2/c1-9-15-13(14(18)19)12-7-6-11(8-17(9)12)16-10-4-2-3-5-10/h6-8,10,16H,2-5H2,1H3,(H,18,19). The molecule has 0 radical (unpaired) electrons. The SMILES string of the molecule is Cc1nc(C(=O)O)c2ccc(NC3CCCC3)cn12. The van der Waals surface area contributed by atoms with E-state index in [1.807, 2.05) is 29.7 Å². The van der Waals surface area contributed by atoms with Gasteiger partial charge in [-0.2, -0.15) is 0 Å². The predicted octanol–water partition coefficient (Wildman–Crippen LogP) is 2.70. The van der Waals surface area contributed by atoms with Gasteiger partial charge in [-0.25, -0.2) is 9.78 Å². The molecule has 2 N–H and O–H groups in total. The van der Waals surface area contributed by atoms with Crippen molar-refractivity contribution < 1.29 is 9.90 Å². The first-order chi connectivity index (χ1) is 9.15. The number of pyridine rings is 1. The number of anilines is 1. The van der Waals surface area contributed by atoms with Crippen molar-refractivity contribution in [2.24, 2.45) is 0 Å². The zero-order valence-electron chi connectivity index (χ0n) is 10.9. The van der Waals surface area contributed by atoms with Crippen molar-refractivity contribution >= 4 is 17.2 Å². The highest BCUT2D eigenvalue weighted by atomic mass is 16.4. The zero-order chi connectivity index (χ0) is 13.4. The van der Waals surface area contributed by atoms with Crippen molar-refractivity contribution in [3.8, 4) is 0 Å². The third-order valence-electron chi connectivity index (χ3n) is 3.74. The number of hydrogen-bond acceptors (Lipinski definition) is 3. The van der Waals surface area contributed by atoms with Gasteiger partial charge in [-0.1, -0.05) is 12.8 Å². The molecule has 0 bridgehead atoms. The van der Waals surface area contributed by atoms with E-state index in [0.717, 1.165) is 5.69 Å². The van der Waals surface area contributed by atoms with Gasteiger partial charge in [0.05, 0.1) is 11.2 Å². The molecule has 5 nitrogen and oxygen atoms in total. The lowest BCUT2D eigenvalue weighted by Crippen LogP contribution is -2.14. The van der Waals surface area contributed by atoms with Crippen LogP contribution in [0.3, 0.4) is 0 Å². The van der Waals surface area contributed by atoms with E-state index in [0.29, 0.717) is 17.4 Å². The zero-order valence-corrected chi connectivity index (χ0v) is 10.9. The van der Waals surface area contributed by atoms with Crippen LogP contribution in [0.15, 0.2) is 18.3 Å². The molecule has 0 unspecified atom stereocenters. The molecular weight excluding hydrogens is 242 g/mol. The summed E-state index contributed by atoms with van der Waals surface area (Å²) in [7, 11) is 0. The quantitative estimate of drug-likeness (QED) is 0.889. The number of hydrogen-bond donors (Lipinski definition) is 2. The summed E-state index contributed by atoms with van der Waals surface area (Å²) in [4.78, 5) is 15.2. The molecule has 0 amide bonds. The molecule has 1 saturated carbocycles. The van der Waals surface area contributed by atoms with E-state index in [4.69, 9.17) is 5.11 Å². The second-order valence-corrected chi connectivity index (χ2v) is 5.11. The average molecular weight is 259 g/mol. The molecule has 0 saturated heterocycles. The van der Waals surface area contributed by atoms with Crippen LogP contribution in [-0.4, -0.2) is 26.5 Å². The van der Waals surface area contributed by atoms with Crippen molar-refractivity contribution in [2.75, 3.05) is 5.32 Å². The maximum absolute atomic E-state index is 11.1. The number of aromatic nitrogens is 2. The Balaban J connectivity index is 1.96. The predicted molar refractivity (Wildman–Crippen MR) is 72.8 cm³/mol. The normalized spacial score (nSPS) is 16.1. The molecule has 0 spiro atoms. The van der Waals surface area contributed by atoms with Crippen molar-refractivity contribution in [1.82, 2.24) is 9.38 Å². The summed E-state index contributed by atoms with van der Waals surface area (Å²) in [6, 6.07) is 4.29. The van der Waals surface area contributed by atoms with Crippen LogP contribution in [0.1, 0.15) is 42.0 Å². The minimum absolute atomic E-state index is 0.116.